The molecule has 1 heteroatoms. The van der Waals surface area contributed by atoms with Gasteiger partial charge in [-0.2, -0.15) is 0 Å². The molecule has 51 heavy (non-hydrogen) atoms. The lowest BCUT2D eigenvalue weighted by Crippen LogP contribution is -1.91. The summed E-state index contributed by atoms with van der Waals surface area (Å²) in [6.07, 6.45) is 0. The first-order chi connectivity index (χ1) is 25.3. The first-order valence-electron chi connectivity index (χ1n) is 17.6. The molecule has 0 aliphatic carbocycles. The van der Waals surface area contributed by atoms with E-state index in [-0.39, 0.29) is 0 Å². The average Bonchev–Trinajstić information content (AvgIpc) is 3.59. The molecule has 0 spiro atoms. The number of fused-ring (bicyclic) bond motifs is 10. The van der Waals surface area contributed by atoms with E-state index in [4.69, 9.17) is 4.42 Å². The molecule has 11 aromatic rings. The van der Waals surface area contributed by atoms with Crippen LogP contribution in [-0.2, 0) is 0 Å². The van der Waals surface area contributed by atoms with Gasteiger partial charge in [-0.05, 0) is 106 Å². The summed E-state index contributed by atoms with van der Waals surface area (Å²) < 4.78 is 6.63. The molecule has 0 fully saturated rings. The summed E-state index contributed by atoms with van der Waals surface area (Å²) in [7, 11) is 0. The van der Waals surface area contributed by atoms with Crippen LogP contribution in [0.3, 0.4) is 0 Å². The summed E-state index contributed by atoms with van der Waals surface area (Å²) in [6.45, 7) is 0. The monoisotopic (exact) mass is 646 g/mol. The predicted molar refractivity (Wildman–Crippen MR) is 218 cm³/mol. The normalized spacial score (nSPS) is 11.9. The Labute approximate surface area is 294 Å². The van der Waals surface area contributed by atoms with E-state index in [1.807, 2.05) is 0 Å². The molecule has 0 saturated heterocycles. The van der Waals surface area contributed by atoms with Gasteiger partial charge in [-0.3, -0.25) is 0 Å². The zero-order valence-corrected chi connectivity index (χ0v) is 27.7. The summed E-state index contributed by atoms with van der Waals surface area (Å²) in [5, 5.41) is 14.6. The molecular weight excluding hydrogens is 617 g/mol. The topological polar surface area (TPSA) is 13.1 Å². The van der Waals surface area contributed by atoms with Crippen LogP contribution in [0, 0.1) is 0 Å². The van der Waals surface area contributed by atoms with Gasteiger partial charge in [0.1, 0.15) is 11.2 Å². The minimum atomic E-state index is 0.921. The highest BCUT2D eigenvalue weighted by molar-refractivity contribution is 6.26. The largest absolute Gasteiger partial charge is 0.455 e. The molecule has 0 saturated carbocycles. The molecule has 0 amide bonds. The van der Waals surface area contributed by atoms with Gasteiger partial charge in [0.05, 0.1) is 0 Å². The Balaban J connectivity index is 1.18. The Hall–Kier alpha value is -6.70. The molecule has 1 nitrogen and oxygen atoms in total. The molecule has 11 rings (SSSR count). The van der Waals surface area contributed by atoms with Gasteiger partial charge in [-0.1, -0.05) is 158 Å². The minimum Gasteiger partial charge on any atom is -0.455 e. The number of rotatable bonds is 3. The van der Waals surface area contributed by atoms with Gasteiger partial charge >= 0.3 is 0 Å². The highest BCUT2D eigenvalue weighted by Crippen LogP contribution is 2.46. The summed E-state index contributed by atoms with van der Waals surface area (Å²) in [6, 6.07) is 66.4. The van der Waals surface area contributed by atoms with Crippen molar-refractivity contribution in [2.24, 2.45) is 0 Å². The maximum Gasteiger partial charge on any atom is 0.143 e. The van der Waals surface area contributed by atoms with Crippen LogP contribution in [0.15, 0.2) is 186 Å². The fourth-order valence-corrected chi connectivity index (χ4v) is 8.55. The molecule has 0 atom stereocenters. The molecule has 236 valence electrons. The van der Waals surface area contributed by atoms with Crippen molar-refractivity contribution < 1.29 is 4.42 Å². The fraction of sp³-hybridized carbons (Fsp3) is 0. The number of hydrogen-bond acceptors (Lipinski definition) is 1. The number of benzene rings is 10. The summed E-state index contributed by atoms with van der Waals surface area (Å²) in [5.41, 5.74) is 9.24. The van der Waals surface area contributed by atoms with Gasteiger partial charge in [0.15, 0.2) is 0 Å². The van der Waals surface area contributed by atoms with Crippen molar-refractivity contribution >= 4 is 75.8 Å². The van der Waals surface area contributed by atoms with Crippen molar-refractivity contribution in [3.63, 3.8) is 0 Å². The highest BCUT2D eigenvalue weighted by Gasteiger charge is 2.19. The number of hydrogen-bond donors (Lipinski definition) is 0. The third-order valence-corrected chi connectivity index (χ3v) is 10.8. The second-order valence-electron chi connectivity index (χ2n) is 13.6. The first kappa shape index (κ1) is 28.2. The second-order valence-corrected chi connectivity index (χ2v) is 13.6. The van der Waals surface area contributed by atoms with Crippen LogP contribution >= 0.6 is 0 Å². The maximum absolute atomic E-state index is 6.63. The van der Waals surface area contributed by atoms with Crippen molar-refractivity contribution in [1.82, 2.24) is 0 Å². The Morgan fingerprint density at radius 3 is 1.53 bits per heavy atom. The molecule has 0 aliphatic heterocycles. The molecule has 0 N–H and O–H groups in total. The van der Waals surface area contributed by atoms with Crippen LogP contribution in [0.25, 0.3) is 109 Å². The SMILES string of the molecule is c1cc(-c2c3ccccc3c(-c3ccc4ccccc4c3)c3ccccc23)cc(-c2cc3c(oc4ccc5ccccc5c43)c3ccccc23)c1. The lowest BCUT2D eigenvalue weighted by atomic mass is 9.85. The first-order valence-corrected chi connectivity index (χ1v) is 17.6. The van der Waals surface area contributed by atoms with Gasteiger partial charge in [-0.25, -0.2) is 0 Å². The van der Waals surface area contributed by atoms with Gasteiger partial charge in [0.2, 0.25) is 0 Å². The van der Waals surface area contributed by atoms with E-state index < -0.39 is 0 Å². The molecule has 0 aliphatic rings. The Bertz CT molecular complexity index is 3140. The molecule has 0 radical (unpaired) electrons. The molecular formula is C50H30O. The van der Waals surface area contributed by atoms with Crippen LogP contribution in [-0.4, -0.2) is 0 Å². The third-order valence-electron chi connectivity index (χ3n) is 10.8. The van der Waals surface area contributed by atoms with Crippen molar-refractivity contribution in [2.45, 2.75) is 0 Å². The lowest BCUT2D eigenvalue weighted by molar-refractivity contribution is 0.673. The van der Waals surface area contributed by atoms with Crippen molar-refractivity contribution in [3.05, 3.63) is 182 Å². The molecule has 0 bridgehead atoms. The summed E-state index contributed by atoms with van der Waals surface area (Å²) in [4.78, 5) is 0. The van der Waals surface area contributed by atoms with Crippen molar-refractivity contribution in [2.75, 3.05) is 0 Å². The molecule has 10 aromatic carbocycles. The van der Waals surface area contributed by atoms with Gasteiger partial charge in [0.25, 0.3) is 0 Å². The summed E-state index contributed by atoms with van der Waals surface area (Å²) >= 11 is 0. The van der Waals surface area contributed by atoms with Crippen LogP contribution in [0.5, 0.6) is 0 Å². The van der Waals surface area contributed by atoms with E-state index >= 15 is 0 Å². The van der Waals surface area contributed by atoms with Crippen LogP contribution in [0.4, 0.5) is 0 Å². The van der Waals surface area contributed by atoms with Crippen LogP contribution in [0.1, 0.15) is 0 Å². The average molecular weight is 647 g/mol. The van der Waals surface area contributed by atoms with E-state index in [1.54, 1.807) is 0 Å². The third kappa shape index (κ3) is 4.22. The predicted octanol–water partition coefficient (Wildman–Crippen LogP) is 14.4. The Morgan fingerprint density at radius 2 is 0.824 bits per heavy atom. The van der Waals surface area contributed by atoms with Crippen LogP contribution in [0.2, 0.25) is 0 Å². The van der Waals surface area contributed by atoms with Gasteiger partial charge in [-0.15, -0.1) is 0 Å². The zero-order chi connectivity index (χ0) is 33.5. The van der Waals surface area contributed by atoms with E-state index in [9.17, 15) is 0 Å². The van der Waals surface area contributed by atoms with E-state index in [1.165, 1.54) is 87.2 Å². The van der Waals surface area contributed by atoms with E-state index in [0.717, 1.165) is 21.9 Å². The Morgan fingerprint density at radius 1 is 0.294 bits per heavy atom. The molecule has 0 unspecified atom stereocenters. The fourth-order valence-electron chi connectivity index (χ4n) is 8.55. The van der Waals surface area contributed by atoms with E-state index in [0.29, 0.717) is 0 Å². The standard InChI is InChI=1S/C50H30O/c1-2-14-33-28-36(25-24-31(33)12-1)48-41-21-8-6-19-39(41)47(40-20-7-9-22-42(40)48)35-16-11-15-34(29-35)44-30-45-49-37-17-4-3-13-32(37)26-27-46(49)51-50(45)43-23-10-5-18-38(43)44/h1-30H. The smallest absolute Gasteiger partial charge is 0.143 e. The summed E-state index contributed by atoms with van der Waals surface area (Å²) in [5.74, 6) is 0. The quantitative estimate of drug-likeness (QED) is 0.174. The van der Waals surface area contributed by atoms with E-state index in [2.05, 4.69) is 182 Å². The number of furan rings is 1. The van der Waals surface area contributed by atoms with Crippen LogP contribution < -0.4 is 0 Å². The Kier molecular flexibility index (Phi) is 6.02. The second kappa shape index (κ2) is 10.9. The van der Waals surface area contributed by atoms with Gasteiger partial charge in [0, 0.05) is 16.2 Å². The zero-order valence-electron chi connectivity index (χ0n) is 27.7. The van der Waals surface area contributed by atoms with Gasteiger partial charge < -0.3 is 4.42 Å². The molecule has 1 heterocycles. The minimum absolute atomic E-state index is 0.921. The van der Waals surface area contributed by atoms with Crippen molar-refractivity contribution in [3.8, 4) is 33.4 Å². The highest BCUT2D eigenvalue weighted by atomic mass is 16.3. The lowest BCUT2D eigenvalue weighted by Gasteiger charge is -2.18. The molecule has 1 aromatic heterocycles. The van der Waals surface area contributed by atoms with Crippen molar-refractivity contribution in [1.29, 1.82) is 0 Å². The maximum atomic E-state index is 6.63.